The summed E-state index contributed by atoms with van der Waals surface area (Å²) in [7, 11) is 1.72. The number of amides is 1. The Morgan fingerprint density at radius 2 is 1.69 bits per heavy atom. The Hall–Kier alpha value is -0.730. The quantitative estimate of drug-likeness (QED) is 0.668. The third-order valence-corrected chi connectivity index (χ3v) is 1.33. The van der Waals surface area contributed by atoms with Crippen LogP contribution in [0.15, 0.2) is 0 Å². The highest BCUT2D eigenvalue weighted by Crippen LogP contribution is 1.96. The summed E-state index contributed by atoms with van der Waals surface area (Å²) in [6.45, 7) is 10.4. The molecule has 0 spiro atoms. The molecular weight excluding hydrogens is 166 g/mol. The Labute approximate surface area is 82.1 Å². The third-order valence-electron chi connectivity index (χ3n) is 1.33. The second-order valence-electron chi connectivity index (χ2n) is 3.11. The van der Waals surface area contributed by atoms with E-state index in [1.165, 1.54) is 6.42 Å². The Kier molecular flexibility index (Phi) is 10.6. The fraction of sp³-hybridized carbons (Fsp3) is 0.900. The SMILES string of the molecule is CCC.CCOC(=O)N(C)C(C)C. The van der Waals surface area contributed by atoms with Gasteiger partial charge in [0.1, 0.15) is 0 Å². The van der Waals surface area contributed by atoms with Crippen LogP contribution in [0.3, 0.4) is 0 Å². The number of rotatable bonds is 2. The van der Waals surface area contributed by atoms with Crippen LogP contribution >= 0.6 is 0 Å². The topological polar surface area (TPSA) is 29.5 Å². The lowest BCUT2D eigenvalue weighted by Crippen LogP contribution is -2.33. The molecule has 0 bridgehead atoms. The fourth-order valence-electron chi connectivity index (χ4n) is 0.436. The van der Waals surface area contributed by atoms with Crippen LogP contribution in [0, 0.1) is 0 Å². The fourth-order valence-corrected chi connectivity index (χ4v) is 0.436. The van der Waals surface area contributed by atoms with Gasteiger partial charge in [0.15, 0.2) is 0 Å². The van der Waals surface area contributed by atoms with Crippen molar-refractivity contribution < 1.29 is 9.53 Å². The molecule has 0 saturated heterocycles. The first-order chi connectivity index (χ1) is 6.01. The van der Waals surface area contributed by atoms with E-state index < -0.39 is 0 Å². The minimum atomic E-state index is -0.252. The van der Waals surface area contributed by atoms with Crippen molar-refractivity contribution in [2.45, 2.75) is 47.1 Å². The number of ether oxygens (including phenoxy) is 1. The zero-order valence-electron chi connectivity index (χ0n) is 9.76. The van der Waals surface area contributed by atoms with Gasteiger partial charge in [-0.05, 0) is 20.8 Å². The number of hydrogen-bond donors (Lipinski definition) is 0. The molecule has 0 aliphatic carbocycles. The van der Waals surface area contributed by atoms with Gasteiger partial charge in [0.05, 0.1) is 6.61 Å². The van der Waals surface area contributed by atoms with Crippen LogP contribution in [-0.2, 0) is 4.74 Å². The maximum Gasteiger partial charge on any atom is 0.409 e. The van der Waals surface area contributed by atoms with E-state index in [0.717, 1.165) is 0 Å². The van der Waals surface area contributed by atoms with E-state index >= 15 is 0 Å². The molecule has 0 saturated carbocycles. The first kappa shape index (κ1) is 14.8. The number of nitrogens with zero attached hydrogens (tertiary/aromatic N) is 1. The van der Waals surface area contributed by atoms with Crippen molar-refractivity contribution in [2.24, 2.45) is 0 Å². The minimum Gasteiger partial charge on any atom is -0.450 e. The molecule has 0 fully saturated rings. The standard InChI is InChI=1S/C7H15NO2.C3H8/c1-5-10-7(9)8(4)6(2)3;1-3-2/h6H,5H2,1-4H3;3H2,1-2H3. The molecule has 0 aromatic heterocycles. The molecule has 0 N–H and O–H groups in total. The van der Waals surface area contributed by atoms with Gasteiger partial charge in [0.25, 0.3) is 0 Å². The lowest BCUT2D eigenvalue weighted by atomic mass is 10.4. The molecule has 0 aliphatic rings. The molecule has 0 heterocycles. The average Bonchev–Trinajstić information content (AvgIpc) is 2.04. The summed E-state index contributed by atoms with van der Waals surface area (Å²) in [4.78, 5) is 12.4. The van der Waals surface area contributed by atoms with Crippen LogP contribution in [0.2, 0.25) is 0 Å². The van der Waals surface area contributed by atoms with Gasteiger partial charge in [-0.3, -0.25) is 0 Å². The molecule has 0 atom stereocenters. The summed E-state index contributed by atoms with van der Waals surface area (Å²) in [5.74, 6) is 0. The smallest absolute Gasteiger partial charge is 0.409 e. The van der Waals surface area contributed by atoms with Gasteiger partial charge in [-0.15, -0.1) is 0 Å². The second kappa shape index (κ2) is 9.36. The molecule has 0 aromatic rings. The van der Waals surface area contributed by atoms with Crippen LogP contribution in [0.25, 0.3) is 0 Å². The van der Waals surface area contributed by atoms with Crippen LogP contribution < -0.4 is 0 Å². The van der Waals surface area contributed by atoms with Crippen LogP contribution in [0.4, 0.5) is 4.79 Å². The molecule has 0 aliphatic heterocycles. The Morgan fingerprint density at radius 3 is 1.92 bits per heavy atom. The highest BCUT2D eigenvalue weighted by Gasteiger charge is 2.11. The maximum absolute atomic E-state index is 10.9. The van der Waals surface area contributed by atoms with Crippen molar-refractivity contribution in [3.63, 3.8) is 0 Å². The summed E-state index contributed by atoms with van der Waals surface area (Å²) in [6.07, 6.45) is 0.998. The van der Waals surface area contributed by atoms with Crippen molar-refractivity contribution in [2.75, 3.05) is 13.7 Å². The monoisotopic (exact) mass is 189 g/mol. The first-order valence-corrected chi connectivity index (χ1v) is 4.90. The lowest BCUT2D eigenvalue weighted by molar-refractivity contribution is 0.107. The van der Waals surface area contributed by atoms with E-state index in [0.29, 0.717) is 6.61 Å². The summed E-state index contributed by atoms with van der Waals surface area (Å²) in [5, 5.41) is 0. The molecule has 13 heavy (non-hydrogen) atoms. The van der Waals surface area contributed by atoms with Gasteiger partial charge in [0, 0.05) is 13.1 Å². The molecule has 0 rings (SSSR count). The summed E-state index contributed by atoms with van der Waals surface area (Å²) in [6, 6.07) is 0.207. The highest BCUT2D eigenvalue weighted by molar-refractivity contribution is 5.67. The molecule has 80 valence electrons. The van der Waals surface area contributed by atoms with E-state index in [4.69, 9.17) is 4.74 Å². The van der Waals surface area contributed by atoms with E-state index in [1.807, 2.05) is 13.8 Å². The molecular formula is C10H23NO2. The normalized spacial score (nSPS) is 8.85. The van der Waals surface area contributed by atoms with Gasteiger partial charge < -0.3 is 9.64 Å². The Balaban J connectivity index is 0. The van der Waals surface area contributed by atoms with Crippen molar-refractivity contribution in [3.05, 3.63) is 0 Å². The largest absolute Gasteiger partial charge is 0.450 e. The highest BCUT2D eigenvalue weighted by atomic mass is 16.6. The van der Waals surface area contributed by atoms with E-state index in [-0.39, 0.29) is 12.1 Å². The van der Waals surface area contributed by atoms with E-state index in [9.17, 15) is 4.79 Å². The maximum atomic E-state index is 10.9. The predicted molar refractivity (Wildman–Crippen MR) is 55.9 cm³/mol. The predicted octanol–water partition coefficient (Wildman–Crippen LogP) is 2.90. The van der Waals surface area contributed by atoms with Gasteiger partial charge >= 0.3 is 6.09 Å². The summed E-state index contributed by atoms with van der Waals surface area (Å²) < 4.78 is 4.75. The van der Waals surface area contributed by atoms with E-state index in [2.05, 4.69) is 13.8 Å². The van der Waals surface area contributed by atoms with Crippen molar-refractivity contribution in [1.29, 1.82) is 0 Å². The van der Waals surface area contributed by atoms with Gasteiger partial charge in [0.2, 0.25) is 0 Å². The van der Waals surface area contributed by atoms with E-state index in [1.54, 1.807) is 18.9 Å². The molecule has 0 unspecified atom stereocenters. The number of carbonyl (C=O) groups excluding carboxylic acids is 1. The van der Waals surface area contributed by atoms with Crippen LogP contribution in [-0.4, -0.2) is 30.7 Å². The number of carbonyl (C=O) groups is 1. The molecule has 0 aromatic carbocycles. The molecule has 1 amide bonds. The third kappa shape index (κ3) is 9.18. The zero-order valence-corrected chi connectivity index (χ0v) is 9.76. The second-order valence-corrected chi connectivity index (χ2v) is 3.11. The van der Waals surface area contributed by atoms with Crippen molar-refractivity contribution in [3.8, 4) is 0 Å². The molecule has 0 radical (unpaired) electrons. The first-order valence-electron chi connectivity index (χ1n) is 4.90. The summed E-state index contributed by atoms with van der Waals surface area (Å²) in [5.41, 5.74) is 0. The van der Waals surface area contributed by atoms with Crippen molar-refractivity contribution >= 4 is 6.09 Å². The average molecular weight is 189 g/mol. The molecule has 3 nitrogen and oxygen atoms in total. The Morgan fingerprint density at radius 1 is 1.31 bits per heavy atom. The lowest BCUT2D eigenvalue weighted by Gasteiger charge is -2.19. The van der Waals surface area contributed by atoms with Crippen LogP contribution in [0.1, 0.15) is 41.0 Å². The summed E-state index contributed by atoms with van der Waals surface area (Å²) >= 11 is 0. The van der Waals surface area contributed by atoms with Crippen molar-refractivity contribution in [1.82, 2.24) is 4.90 Å². The van der Waals surface area contributed by atoms with Crippen LogP contribution in [0.5, 0.6) is 0 Å². The molecule has 3 heteroatoms. The van der Waals surface area contributed by atoms with Gasteiger partial charge in [-0.25, -0.2) is 4.79 Å². The van der Waals surface area contributed by atoms with Gasteiger partial charge in [-0.2, -0.15) is 0 Å². The van der Waals surface area contributed by atoms with Gasteiger partial charge in [-0.1, -0.05) is 20.3 Å². The minimum absolute atomic E-state index is 0.207. The number of hydrogen-bond acceptors (Lipinski definition) is 2. The zero-order chi connectivity index (χ0) is 10.9. The Bertz CT molecular complexity index is 124.